The minimum Gasteiger partial charge on any atom is -0.338 e. The van der Waals surface area contributed by atoms with E-state index in [9.17, 15) is 18.0 Å². The van der Waals surface area contributed by atoms with Crippen LogP contribution in [-0.2, 0) is 6.18 Å². The highest BCUT2D eigenvalue weighted by molar-refractivity contribution is 5.94. The summed E-state index contributed by atoms with van der Waals surface area (Å²) < 4.78 is 38.1. The maximum atomic E-state index is 12.7. The second-order valence-electron chi connectivity index (χ2n) is 6.19. The number of carbonyl (C=O) groups is 1. The molecule has 0 radical (unpaired) electrons. The average molecular weight is 337 g/mol. The van der Waals surface area contributed by atoms with Crippen molar-refractivity contribution in [1.29, 1.82) is 0 Å². The molecule has 1 atom stereocenters. The lowest BCUT2D eigenvalue weighted by molar-refractivity contribution is -0.137. The van der Waals surface area contributed by atoms with Crippen LogP contribution in [0.1, 0.15) is 36.2 Å². The molecule has 0 aromatic heterocycles. The van der Waals surface area contributed by atoms with Crippen LogP contribution in [0.15, 0.2) is 24.3 Å². The van der Waals surface area contributed by atoms with Crippen molar-refractivity contribution in [2.24, 2.45) is 11.1 Å². The van der Waals surface area contributed by atoms with Gasteiger partial charge in [-0.05, 0) is 30.0 Å². The van der Waals surface area contributed by atoms with Gasteiger partial charge >= 0.3 is 6.18 Å². The van der Waals surface area contributed by atoms with Crippen molar-refractivity contribution >= 4 is 18.3 Å². The van der Waals surface area contributed by atoms with E-state index in [2.05, 4.69) is 0 Å². The number of nitrogens with zero attached hydrogens (tertiary/aromatic N) is 1. The summed E-state index contributed by atoms with van der Waals surface area (Å²) in [6.45, 7) is 4.84. The monoisotopic (exact) mass is 336 g/mol. The number of benzene rings is 1. The van der Waals surface area contributed by atoms with E-state index in [-0.39, 0.29) is 35.3 Å². The Hall–Kier alpha value is -1.27. The van der Waals surface area contributed by atoms with Crippen LogP contribution in [0, 0.1) is 5.41 Å². The van der Waals surface area contributed by atoms with Gasteiger partial charge in [-0.3, -0.25) is 4.79 Å². The Morgan fingerprint density at radius 1 is 1.36 bits per heavy atom. The van der Waals surface area contributed by atoms with E-state index < -0.39 is 11.7 Å². The number of hydrogen-bond acceptors (Lipinski definition) is 2. The summed E-state index contributed by atoms with van der Waals surface area (Å²) in [6.07, 6.45) is -3.79. The van der Waals surface area contributed by atoms with Gasteiger partial charge in [-0.15, -0.1) is 12.4 Å². The topological polar surface area (TPSA) is 46.3 Å². The molecule has 3 nitrogen and oxygen atoms in total. The van der Waals surface area contributed by atoms with Gasteiger partial charge in [-0.2, -0.15) is 13.2 Å². The molecule has 1 unspecified atom stereocenters. The molecule has 0 saturated carbocycles. The van der Waals surface area contributed by atoms with Crippen LogP contribution in [0.2, 0.25) is 0 Å². The molecule has 2 N–H and O–H groups in total. The first kappa shape index (κ1) is 18.8. The van der Waals surface area contributed by atoms with E-state index in [1.54, 1.807) is 4.90 Å². The number of halogens is 4. The highest BCUT2D eigenvalue weighted by atomic mass is 35.5. The number of likely N-dealkylation sites (tertiary alicyclic amines) is 1. The van der Waals surface area contributed by atoms with Crippen molar-refractivity contribution in [3.8, 4) is 0 Å². The molecule has 0 aliphatic carbocycles. The summed E-state index contributed by atoms with van der Waals surface area (Å²) in [5, 5.41) is 0. The Bertz CT molecular complexity index is 546. The third-order valence-corrected chi connectivity index (χ3v) is 4.04. The van der Waals surface area contributed by atoms with Gasteiger partial charge in [0.15, 0.2) is 0 Å². The largest absolute Gasteiger partial charge is 0.416 e. The SMILES string of the molecule is CC1(C)CN(C(=O)c2cccc(C(F)(F)F)c2)CCC1N.Cl. The van der Waals surface area contributed by atoms with E-state index in [1.807, 2.05) is 13.8 Å². The fraction of sp³-hybridized carbons (Fsp3) is 0.533. The normalized spacial score (nSPS) is 21.2. The molecule has 22 heavy (non-hydrogen) atoms. The maximum absolute atomic E-state index is 12.7. The van der Waals surface area contributed by atoms with Gasteiger partial charge in [0.05, 0.1) is 5.56 Å². The van der Waals surface area contributed by atoms with E-state index in [0.29, 0.717) is 19.5 Å². The highest BCUT2D eigenvalue weighted by Gasteiger charge is 2.36. The van der Waals surface area contributed by atoms with E-state index in [0.717, 1.165) is 12.1 Å². The Kier molecular flexibility index (Phi) is 5.51. The Morgan fingerprint density at radius 2 is 2.00 bits per heavy atom. The third-order valence-electron chi connectivity index (χ3n) is 4.04. The zero-order valence-electron chi connectivity index (χ0n) is 12.5. The zero-order valence-corrected chi connectivity index (χ0v) is 13.3. The summed E-state index contributed by atoms with van der Waals surface area (Å²) in [5.41, 5.74) is 5.03. The number of hydrogen-bond donors (Lipinski definition) is 1. The van der Waals surface area contributed by atoms with E-state index in [1.165, 1.54) is 12.1 Å². The molecular formula is C15H20ClF3N2O. The predicted octanol–water partition coefficient (Wildman–Crippen LogP) is 3.33. The van der Waals surface area contributed by atoms with Crippen LogP contribution in [0.5, 0.6) is 0 Å². The first-order chi connectivity index (χ1) is 9.61. The van der Waals surface area contributed by atoms with E-state index >= 15 is 0 Å². The van der Waals surface area contributed by atoms with Crippen molar-refractivity contribution in [2.75, 3.05) is 13.1 Å². The lowest BCUT2D eigenvalue weighted by Crippen LogP contribution is -2.54. The Labute approximate surface area is 134 Å². The summed E-state index contributed by atoms with van der Waals surface area (Å²) in [6, 6.07) is 4.54. The molecule has 124 valence electrons. The highest BCUT2D eigenvalue weighted by Crippen LogP contribution is 2.31. The van der Waals surface area contributed by atoms with E-state index in [4.69, 9.17) is 5.73 Å². The maximum Gasteiger partial charge on any atom is 0.416 e. The predicted molar refractivity (Wildman–Crippen MR) is 81.0 cm³/mol. The fourth-order valence-corrected chi connectivity index (χ4v) is 2.56. The lowest BCUT2D eigenvalue weighted by atomic mass is 9.79. The van der Waals surface area contributed by atoms with Crippen LogP contribution < -0.4 is 5.73 Å². The Balaban J connectivity index is 0.00000242. The Morgan fingerprint density at radius 3 is 2.55 bits per heavy atom. The molecule has 1 aromatic carbocycles. The average Bonchev–Trinajstić information content (AvgIpc) is 2.40. The second kappa shape index (κ2) is 6.46. The van der Waals surface area contributed by atoms with Crippen molar-refractivity contribution in [1.82, 2.24) is 4.90 Å². The van der Waals surface area contributed by atoms with Gasteiger partial charge in [-0.25, -0.2) is 0 Å². The first-order valence-corrected chi connectivity index (χ1v) is 6.83. The molecule has 1 heterocycles. The second-order valence-corrected chi connectivity index (χ2v) is 6.19. The van der Waals surface area contributed by atoms with Gasteiger partial charge in [0.25, 0.3) is 5.91 Å². The number of amides is 1. The minimum atomic E-state index is -4.44. The summed E-state index contributed by atoms with van der Waals surface area (Å²) in [5.74, 6) is -0.374. The first-order valence-electron chi connectivity index (χ1n) is 6.83. The molecule has 1 aliphatic rings. The quantitative estimate of drug-likeness (QED) is 0.855. The number of carbonyl (C=O) groups excluding carboxylic acids is 1. The summed E-state index contributed by atoms with van der Waals surface area (Å²) >= 11 is 0. The van der Waals surface area contributed by atoms with Crippen molar-refractivity contribution < 1.29 is 18.0 Å². The van der Waals surface area contributed by atoms with Crippen LogP contribution >= 0.6 is 12.4 Å². The molecule has 1 fully saturated rings. The molecule has 1 aliphatic heterocycles. The van der Waals surface area contributed by atoms with Crippen LogP contribution in [0.25, 0.3) is 0 Å². The number of rotatable bonds is 1. The van der Waals surface area contributed by atoms with Gasteiger partial charge < -0.3 is 10.6 Å². The standard InChI is InChI=1S/C15H19F3N2O.ClH/c1-14(2)9-20(7-6-12(14)19)13(21)10-4-3-5-11(8-10)15(16,17)18;/h3-5,8,12H,6-7,9,19H2,1-2H3;1H. The van der Waals surface area contributed by atoms with Crippen LogP contribution in [-0.4, -0.2) is 29.9 Å². The molecule has 0 bridgehead atoms. The van der Waals surface area contributed by atoms with Crippen molar-refractivity contribution in [3.05, 3.63) is 35.4 Å². The smallest absolute Gasteiger partial charge is 0.338 e. The van der Waals surface area contributed by atoms with Gasteiger partial charge in [0.1, 0.15) is 0 Å². The molecule has 1 amide bonds. The number of nitrogens with two attached hydrogens (primary N) is 1. The third kappa shape index (κ3) is 3.93. The van der Waals surface area contributed by atoms with Crippen LogP contribution in [0.3, 0.4) is 0 Å². The molecule has 1 aromatic rings. The van der Waals surface area contributed by atoms with Gasteiger partial charge in [0.2, 0.25) is 0 Å². The molecule has 7 heteroatoms. The summed E-state index contributed by atoms with van der Waals surface area (Å²) in [7, 11) is 0. The number of alkyl halides is 3. The van der Waals surface area contributed by atoms with Gasteiger partial charge in [0, 0.05) is 24.7 Å². The fourth-order valence-electron chi connectivity index (χ4n) is 2.56. The van der Waals surface area contributed by atoms with Gasteiger partial charge in [-0.1, -0.05) is 19.9 Å². The number of piperidine rings is 1. The van der Waals surface area contributed by atoms with Crippen molar-refractivity contribution in [3.63, 3.8) is 0 Å². The molecule has 0 spiro atoms. The summed E-state index contributed by atoms with van der Waals surface area (Å²) in [4.78, 5) is 14.0. The molecule has 2 rings (SSSR count). The lowest BCUT2D eigenvalue weighted by Gasteiger charge is -2.42. The van der Waals surface area contributed by atoms with Crippen molar-refractivity contribution in [2.45, 2.75) is 32.5 Å². The molecule has 1 saturated heterocycles. The van der Waals surface area contributed by atoms with Crippen LogP contribution in [0.4, 0.5) is 13.2 Å². The molecular weight excluding hydrogens is 317 g/mol. The zero-order chi connectivity index (χ0) is 15.8. The minimum absolute atomic E-state index is 0.